The third-order valence-corrected chi connectivity index (χ3v) is 1.09. The van der Waals surface area contributed by atoms with Gasteiger partial charge in [-0.2, -0.15) is 0 Å². The van der Waals surface area contributed by atoms with Gasteiger partial charge in [-0.05, 0) is 6.07 Å². The van der Waals surface area contributed by atoms with E-state index in [1.807, 2.05) is 0 Å². The number of nitrogens with zero attached hydrogens (tertiary/aromatic N) is 1. The second kappa shape index (κ2) is 2.43. The van der Waals surface area contributed by atoms with Gasteiger partial charge in [0, 0.05) is 6.20 Å². The topological polar surface area (TPSA) is 56.0 Å². The minimum absolute atomic E-state index is 0.0741. The summed E-state index contributed by atoms with van der Waals surface area (Å²) in [6.45, 7) is 0. The van der Waals surface area contributed by atoms with Gasteiger partial charge in [-0.15, -0.1) is 0 Å². The Kier molecular flexibility index (Phi) is 1.62. The third-order valence-electron chi connectivity index (χ3n) is 1.09. The van der Waals surface area contributed by atoms with E-state index < -0.39 is 5.82 Å². The summed E-state index contributed by atoms with van der Waals surface area (Å²) in [5.74, 6) is -0.711. The van der Waals surface area contributed by atoms with Crippen LogP contribution >= 0.6 is 0 Å². The highest BCUT2D eigenvalue weighted by Crippen LogP contribution is 2.08. The standard InChI is InChI=1S/C6H5FN2O/c7-5-1-2-9-6(8)4(5)3-10/h1-3H,(H2,8,9). The minimum atomic E-state index is -0.637. The first-order valence-corrected chi connectivity index (χ1v) is 2.61. The lowest BCUT2D eigenvalue weighted by molar-refractivity contribution is 0.112. The SMILES string of the molecule is Nc1nccc(F)c1C=O. The van der Waals surface area contributed by atoms with Gasteiger partial charge in [-0.1, -0.05) is 0 Å². The summed E-state index contributed by atoms with van der Waals surface area (Å²) in [5, 5.41) is 0. The zero-order valence-corrected chi connectivity index (χ0v) is 5.04. The number of nitrogen functional groups attached to an aromatic ring is 1. The molecule has 0 atom stereocenters. The van der Waals surface area contributed by atoms with Crippen molar-refractivity contribution in [2.45, 2.75) is 0 Å². The molecule has 2 N–H and O–H groups in total. The van der Waals surface area contributed by atoms with Crippen molar-refractivity contribution in [3.05, 3.63) is 23.6 Å². The van der Waals surface area contributed by atoms with Gasteiger partial charge in [0.1, 0.15) is 11.6 Å². The molecule has 0 aliphatic heterocycles. The van der Waals surface area contributed by atoms with E-state index in [1.165, 1.54) is 6.20 Å². The Labute approximate surface area is 56.7 Å². The number of carbonyl (C=O) groups excluding carboxylic acids is 1. The highest BCUT2D eigenvalue weighted by atomic mass is 19.1. The van der Waals surface area contributed by atoms with Crippen molar-refractivity contribution in [1.29, 1.82) is 0 Å². The summed E-state index contributed by atoms with van der Waals surface area (Å²) < 4.78 is 12.5. The van der Waals surface area contributed by atoms with Gasteiger partial charge in [0.15, 0.2) is 6.29 Å². The van der Waals surface area contributed by atoms with E-state index in [1.54, 1.807) is 0 Å². The second-order valence-corrected chi connectivity index (χ2v) is 1.71. The zero-order valence-electron chi connectivity index (χ0n) is 5.04. The lowest BCUT2D eigenvalue weighted by atomic mass is 10.3. The molecule has 52 valence electrons. The number of pyridine rings is 1. The normalized spacial score (nSPS) is 9.30. The van der Waals surface area contributed by atoms with Gasteiger partial charge in [0.25, 0.3) is 0 Å². The molecule has 0 aliphatic rings. The molecule has 4 heteroatoms. The molecule has 10 heavy (non-hydrogen) atoms. The van der Waals surface area contributed by atoms with Crippen LogP contribution in [-0.4, -0.2) is 11.3 Å². The summed E-state index contributed by atoms with van der Waals surface area (Å²) >= 11 is 0. The van der Waals surface area contributed by atoms with Crippen LogP contribution in [0, 0.1) is 5.82 Å². The molecule has 1 rings (SSSR count). The van der Waals surface area contributed by atoms with E-state index in [9.17, 15) is 9.18 Å². The fourth-order valence-corrected chi connectivity index (χ4v) is 0.581. The van der Waals surface area contributed by atoms with Crippen molar-refractivity contribution in [3.8, 4) is 0 Å². The highest BCUT2D eigenvalue weighted by molar-refractivity contribution is 5.81. The maximum absolute atomic E-state index is 12.5. The number of aldehydes is 1. The molecule has 1 aromatic rings. The maximum atomic E-state index is 12.5. The van der Waals surface area contributed by atoms with Crippen molar-refractivity contribution < 1.29 is 9.18 Å². The molecule has 0 unspecified atom stereocenters. The number of carbonyl (C=O) groups is 1. The Bertz CT molecular complexity index is 242. The van der Waals surface area contributed by atoms with Crippen LogP contribution in [0.1, 0.15) is 10.4 Å². The number of halogens is 1. The van der Waals surface area contributed by atoms with Crippen LogP contribution in [0.2, 0.25) is 0 Å². The van der Waals surface area contributed by atoms with E-state index in [4.69, 9.17) is 5.73 Å². The molecule has 0 fully saturated rings. The number of rotatable bonds is 1. The molecule has 1 heterocycles. The average molecular weight is 140 g/mol. The van der Waals surface area contributed by atoms with Gasteiger partial charge in [-0.3, -0.25) is 4.79 Å². The fraction of sp³-hybridized carbons (Fsp3) is 0. The Morgan fingerprint density at radius 3 is 2.80 bits per heavy atom. The third kappa shape index (κ3) is 0.953. The fourth-order valence-electron chi connectivity index (χ4n) is 0.581. The first-order valence-electron chi connectivity index (χ1n) is 2.61. The van der Waals surface area contributed by atoms with Crippen molar-refractivity contribution in [2.75, 3.05) is 5.73 Å². The van der Waals surface area contributed by atoms with Gasteiger partial charge >= 0.3 is 0 Å². The lowest BCUT2D eigenvalue weighted by Crippen LogP contribution is -1.98. The number of hydrogen-bond donors (Lipinski definition) is 1. The van der Waals surface area contributed by atoms with E-state index in [2.05, 4.69) is 4.98 Å². The molecule has 1 aromatic heterocycles. The van der Waals surface area contributed by atoms with Crippen LogP contribution in [0.5, 0.6) is 0 Å². The van der Waals surface area contributed by atoms with Crippen molar-refractivity contribution in [1.82, 2.24) is 4.98 Å². The molecule has 0 amide bonds. The smallest absolute Gasteiger partial charge is 0.156 e. The summed E-state index contributed by atoms with van der Waals surface area (Å²) in [6.07, 6.45) is 1.55. The highest BCUT2D eigenvalue weighted by Gasteiger charge is 2.03. The second-order valence-electron chi connectivity index (χ2n) is 1.71. The van der Waals surface area contributed by atoms with Crippen molar-refractivity contribution in [3.63, 3.8) is 0 Å². The largest absolute Gasteiger partial charge is 0.383 e. The summed E-state index contributed by atoms with van der Waals surface area (Å²) in [7, 11) is 0. The van der Waals surface area contributed by atoms with Crippen molar-refractivity contribution in [2.24, 2.45) is 0 Å². The quantitative estimate of drug-likeness (QED) is 0.581. The van der Waals surface area contributed by atoms with Gasteiger partial charge < -0.3 is 5.73 Å². The molecular weight excluding hydrogens is 135 g/mol. The molecule has 0 spiro atoms. The lowest BCUT2D eigenvalue weighted by Gasteiger charge is -1.95. The van der Waals surface area contributed by atoms with Crippen LogP contribution in [0.3, 0.4) is 0 Å². The zero-order chi connectivity index (χ0) is 7.56. The molecule has 0 saturated heterocycles. The Morgan fingerprint density at radius 1 is 1.70 bits per heavy atom. The van der Waals surface area contributed by atoms with Gasteiger partial charge in [0.2, 0.25) is 0 Å². The van der Waals surface area contributed by atoms with E-state index >= 15 is 0 Å². The Hall–Kier alpha value is -1.45. The number of anilines is 1. The molecule has 0 bridgehead atoms. The van der Waals surface area contributed by atoms with Gasteiger partial charge in [-0.25, -0.2) is 9.37 Å². The molecule has 3 nitrogen and oxygen atoms in total. The molecule has 0 aliphatic carbocycles. The summed E-state index contributed by atoms with van der Waals surface area (Å²) in [6, 6.07) is 1.08. The molecule has 0 aromatic carbocycles. The van der Waals surface area contributed by atoms with E-state index in [0.717, 1.165) is 6.07 Å². The summed E-state index contributed by atoms with van der Waals surface area (Å²) in [4.78, 5) is 13.6. The first-order chi connectivity index (χ1) is 4.75. The Morgan fingerprint density at radius 2 is 2.40 bits per heavy atom. The molecule has 0 saturated carbocycles. The number of nitrogens with two attached hydrogens (primary N) is 1. The van der Waals surface area contributed by atoms with E-state index in [0.29, 0.717) is 6.29 Å². The minimum Gasteiger partial charge on any atom is -0.383 e. The van der Waals surface area contributed by atoms with Crippen LogP contribution in [0.4, 0.5) is 10.2 Å². The maximum Gasteiger partial charge on any atom is 0.156 e. The first kappa shape index (κ1) is 6.67. The van der Waals surface area contributed by atoms with Crippen LogP contribution in [0.25, 0.3) is 0 Å². The summed E-state index contributed by atoms with van der Waals surface area (Å²) in [5.41, 5.74) is 4.97. The molecule has 0 radical (unpaired) electrons. The van der Waals surface area contributed by atoms with Crippen LogP contribution < -0.4 is 5.73 Å². The van der Waals surface area contributed by atoms with Crippen LogP contribution in [-0.2, 0) is 0 Å². The predicted octanol–water partition coefficient (Wildman–Crippen LogP) is 0.615. The molecular formula is C6H5FN2O. The van der Waals surface area contributed by atoms with Gasteiger partial charge in [0.05, 0.1) is 5.56 Å². The predicted molar refractivity (Wildman–Crippen MR) is 34.0 cm³/mol. The average Bonchev–Trinajstić information content (AvgIpc) is 1.88. The number of aromatic nitrogens is 1. The number of hydrogen-bond acceptors (Lipinski definition) is 3. The van der Waals surface area contributed by atoms with E-state index in [-0.39, 0.29) is 11.4 Å². The van der Waals surface area contributed by atoms with Crippen LogP contribution in [0.15, 0.2) is 12.3 Å². The van der Waals surface area contributed by atoms with Crippen molar-refractivity contribution >= 4 is 12.1 Å². The monoisotopic (exact) mass is 140 g/mol. The Balaban J connectivity index is 3.30.